The van der Waals surface area contributed by atoms with Crippen LogP contribution in [0.1, 0.15) is 5.56 Å². The molecular weight excluding hydrogens is 262 g/mol. The van der Waals surface area contributed by atoms with Gasteiger partial charge in [0.05, 0.1) is 10.6 Å². The number of rotatable bonds is 2. The highest BCUT2D eigenvalue weighted by atomic mass is 35.5. The van der Waals surface area contributed by atoms with E-state index in [9.17, 15) is 26.3 Å². The highest BCUT2D eigenvalue weighted by molar-refractivity contribution is 6.31. The van der Waals surface area contributed by atoms with Crippen LogP contribution in [-0.2, 0) is 6.18 Å². The third-order valence-electron chi connectivity index (χ3n) is 1.54. The van der Waals surface area contributed by atoms with Crippen LogP contribution in [0.2, 0.25) is 5.02 Å². The molecule has 0 amide bonds. The number of benzene rings is 1. The molecule has 0 saturated heterocycles. The van der Waals surface area contributed by atoms with E-state index in [1.165, 1.54) is 0 Å². The summed E-state index contributed by atoms with van der Waals surface area (Å²) in [4.78, 5) is 0. The fourth-order valence-corrected chi connectivity index (χ4v) is 1.19. The zero-order valence-electron chi connectivity index (χ0n) is 7.29. The van der Waals surface area contributed by atoms with Crippen molar-refractivity contribution in [3.63, 3.8) is 0 Å². The van der Waals surface area contributed by atoms with Crippen molar-refractivity contribution in [2.24, 2.45) is 0 Å². The molecule has 0 fully saturated rings. The molecule has 1 rings (SSSR count). The van der Waals surface area contributed by atoms with Crippen LogP contribution in [0.3, 0.4) is 0 Å². The van der Waals surface area contributed by atoms with Gasteiger partial charge in [0.2, 0.25) is 0 Å². The molecule has 0 aliphatic rings. The molecule has 16 heavy (non-hydrogen) atoms. The summed E-state index contributed by atoms with van der Waals surface area (Å²) in [5.41, 5.74) is -1.45. The van der Waals surface area contributed by atoms with E-state index in [4.69, 9.17) is 11.6 Å². The highest BCUT2D eigenvalue weighted by Crippen LogP contribution is 2.38. The molecule has 0 aliphatic heterocycles. The molecule has 1 aromatic rings. The van der Waals surface area contributed by atoms with Crippen molar-refractivity contribution in [1.82, 2.24) is 0 Å². The maximum absolute atomic E-state index is 12.9. The first-order valence-electron chi connectivity index (χ1n) is 3.73. The van der Waals surface area contributed by atoms with Crippen molar-refractivity contribution in [3.05, 3.63) is 28.5 Å². The van der Waals surface area contributed by atoms with Crippen molar-refractivity contribution in [2.75, 3.05) is 0 Å². The molecule has 0 N–H and O–H groups in total. The van der Waals surface area contributed by atoms with Crippen molar-refractivity contribution in [3.8, 4) is 5.75 Å². The van der Waals surface area contributed by atoms with Gasteiger partial charge in [0.25, 0.3) is 0 Å². The van der Waals surface area contributed by atoms with E-state index in [2.05, 4.69) is 4.74 Å². The first-order chi connectivity index (χ1) is 7.21. The maximum atomic E-state index is 12.9. The average Bonchev–Trinajstić information content (AvgIpc) is 2.07. The Balaban J connectivity index is 3.17. The lowest BCUT2D eigenvalue weighted by molar-refractivity contribution is -0.137. The van der Waals surface area contributed by atoms with E-state index in [1.54, 1.807) is 0 Å². The topological polar surface area (TPSA) is 9.23 Å². The second-order valence-electron chi connectivity index (χ2n) is 2.64. The largest absolute Gasteiger partial charge is 0.432 e. The predicted octanol–water partition coefficient (Wildman–Crippen LogP) is 4.10. The molecule has 0 bridgehead atoms. The minimum absolute atomic E-state index is 0.0000463. The summed E-state index contributed by atoms with van der Waals surface area (Å²) in [6, 6.07) is 0.353. The maximum Gasteiger partial charge on any atom is 0.417 e. The zero-order chi connectivity index (χ0) is 12.5. The fraction of sp³-hybridized carbons (Fsp3) is 0.250. The summed E-state index contributed by atoms with van der Waals surface area (Å²) >= 11 is 5.16. The van der Waals surface area contributed by atoms with Gasteiger partial charge in [-0.3, -0.25) is 0 Å². The molecule has 8 heteroatoms. The number of alkyl halides is 5. The molecule has 0 atom stereocenters. The van der Waals surface area contributed by atoms with E-state index in [0.29, 0.717) is 6.07 Å². The first kappa shape index (κ1) is 13.0. The fourth-order valence-electron chi connectivity index (χ4n) is 0.932. The summed E-state index contributed by atoms with van der Waals surface area (Å²) in [7, 11) is 0. The van der Waals surface area contributed by atoms with Gasteiger partial charge in [-0.1, -0.05) is 11.6 Å². The van der Waals surface area contributed by atoms with Gasteiger partial charge in [-0.05, 0) is 6.07 Å². The van der Waals surface area contributed by atoms with E-state index in [0.717, 1.165) is 0 Å². The Morgan fingerprint density at radius 2 is 1.75 bits per heavy atom. The quantitative estimate of drug-likeness (QED) is 0.731. The van der Waals surface area contributed by atoms with E-state index in [1.807, 2.05) is 0 Å². The summed E-state index contributed by atoms with van der Waals surface area (Å²) in [5.74, 6) is -2.59. The summed E-state index contributed by atoms with van der Waals surface area (Å²) in [6.45, 7) is -3.35. The van der Waals surface area contributed by atoms with E-state index in [-0.39, 0.29) is 6.07 Å². The lowest BCUT2D eigenvalue weighted by atomic mass is 10.2. The second-order valence-corrected chi connectivity index (χ2v) is 3.05. The minimum atomic E-state index is -4.86. The van der Waals surface area contributed by atoms with Crippen LogP contribution in [0.15, 0.2) is 12.1 Å². The lowest BCUT2D eigenvalue weighted by Crippen LogP contribution is -2.09. The van der Waals surface area contributed by atoms with Gasteiger partial charge in [0.15, 0.2) is 11.6 Å². The smallest absolute Gasteiger partial charge is 0.417 e. The molecule has 0 saturated carbocycles. The predicted molar refractivity (Wildman–Crippen MR) is 43.0 cm³/mol. The Bertz CT molecular complexity index is 389. The number of halogens is 7. The highest BCUT2D eigenvalue weighted by Gasteiger charge is 2.34. The first-order valence-corrected chi connectivity index (χ1v) is 4.10. The normalized spacial score (nSPS) is 12.0. The summed E-state index contributed by atoms with van der Waals surface area (Å²) < 4.78 is 76.5. The molecule has 0 radical (unpaired) electrons. The van der Waals surface area contributed by atoms with Gasteiger partial charge in [-0.2, -0.15) is 22.0 Å². The van der Waals surface area contributed by atoms with Gasteiger partial charge in [0, 0.05) is 6.07 Å². The number of ether oxygens (including phenoxy) is 1. The molecule has 0 spiro atoms. The molecule has 0 aromatic heterocycles. The number of hydrogen-bond acceptors (Lipinski definition) is 1. The van der Waals surface area contributed by atoms with Crippen LogP contribution in [0.5, 0.6) is 5.75 Å². The third kappa shape index (κ3) is 2.94. The summed E-state index contributed by atoms with van der Waals surface area (Å²) in [6.07, 6.45) is -4.86. The SMILES string of the molecule is Fc1cc(C(F)(F)F)c(Cl)cc1OC(F)F. The van der Waals surface area contributed by atoms with Crippen molar-refractivity contribution >= 4 is 11.6 Å². The lowest BCUT2D eigenvalue weighted by Gasteiger charge is -2.11. The van der Waals surface area contributed by atoms with Gasteiger partial charge in [-0.25, -0.2) is 4.39 Å². The molecule has 1 aromatic carbocycles. The molecule has 0 unspecified atom stereocenters. The second kappa shape index (κ2) is 4.40. The summed E-state index contributed by atoms with van der Waals surface area (Å²) in [5, 5.41) is -0.912. The van der Waals surface area contributed by atoms with E-state index < -0.39 is 34.9 Å². The van der Waals surface area contributed by atoms with Gasteiger partial charge in [-0.15, -0.1) is 0 Å². The zero-order valence-corrected chi connectivity index (χ0v) is 8.04. The Labute approximate surface area is 90.6 Å². The number of hydrogen-bond donors (Lipinski definition) is 0. The Kier molecular flexibility index (Phi) is 3.57. The molecular formula is C8H3ClF6O. The molecule has 1 nitrogen and oxygen atoms in total. The minimum Gasteiger partial charge on any atom is -0.432 e. The van der Waals surface area contributed by atoms with Gasteiger partial charge >= 0.3 is 12.8 Å². The third-order valence-corrected chi connectivity index (χ3v) is 1.86. The van der Waals surface area contributed by atoms with Crippen LogP contribution in [-0.4, -0.2) is 6.61 Å². The van der Waals surface area contributed by atoms with Crippen LogP contribution in [0.4, 0.5) is 26.3 Å². The molecule has 0 aliphatic carbocycles. The Hall–Kier alpha value is -1.11. The average molecular weight is 265 g/mol. The Morgan fingerprint density at radius 1 is 1.19 bits per heavy atom. The molecule has 90 valence electrons. The van der Waals surface area contributed by atoms with Crippen LogP contribution >= 0.6 is 11.6 Å². The van der Waals surface area contributed by atoms with Gasteiger partial charge in [0.1, 0.15) is 0 Å². The van der Waals surface area contributed by atoms with E-state index >= 15 is 0 Å². The van der Waals surface area contributed by atoms with Crippen molar-refractivity contribution < 1.29 is 31.1 Å². The van der Waals surface area contributed by atoms with Crippen molar-refractivity contribution in [1.29, 1.82) is 0 Å². The monoisotopic (exact) mass is 264 g/mol. The van der Waals surface area contributed by atoms with Crippen LogP contribution in [0, 0.1) is 5.82 Å². The Morgan fingerprint density at radius 3 is 2.19 bits per heavy atom. The van der Waals surface area contributed by atoms with Gasteiger partial charge < -0.3 is 4.74 Å². The molecule has 0 heterocycles. The van der Waals surface area contributed by atoms with Crippen LogP contribution < -0.4 is 4.74 Å². The van der Waals surface area contributed by atoms with Crippen molar-refractivity contribution in [2.45, 2.75) is 12.8 Å². The van der Waals surface area contributed by atoms with Crippen LogP contribution in [0.25, 0.3) is 0 Å². The standard InChI is InChI=1S/C8H3ClF6O/c9-4-2-6(16-7(11)12)5(10)1-3(4)8(13,14)15/h1-2,7H.